The van der Waals surface area contributed by atoms with E-state index in [1.165, 1.54) is 31.4 Å². The molecule has 0 aromatic heterocycles. The van der Waals surface area contributed by atoms with Crippen LogP contribution in [-0.2, 0) is 41.8 Å². The van der Waals surface area contributed by atoms with Crippen molar-refractivity contribution in [2.45, 2.75) is 197 Å². The van der Waals surface area contributed by atoms with Gasteiger partial charge in [0.15, 0.2) is 6.10 Å². The minimum absolute atomic E-state index is 0.108. The molecule has 2 bridgehead atoms. The van der Waals surface area contributed by atoms with Crippen molar-refractivity contribution in [1.82, 2.24) is 0 Å². The molecule has 0 aromatic carbocycles. The zero-order valence-electron chi connectivity index (χ0n) is 40.7. The summed E-state index contributed by atoms with van der Waals surface area (Å²) in [5.74, 6) is -4.61. The summed E-state index contributed by atoms with van der Waals surface area (Å²) < 4.78 is 52.2. The zero-order valence-corrected chi connectivity index (χ0v) is 42.5. The van der Waals surface area contributed by atoms with Crippen LogP contribution in [0.3, 0.4) is 0 Å². The summed E-state index contributed by atoms with van der Waals surface area (Å²) in [4.78, 5) is 56.8. The number of cyclic esters (lactones) is 1. The Labute approximate surface area is 413 Å². The van der Waals surface area contributed by atoms with Gasteiger partial charge in [0.05, 0.1) is 37.1 Å². The Hall–Kier alpha value is -2.68. The van der Waals surface area contributed by atoms with Gasteiger partial charge in [-0.1, -0.05) is 119 Å². The van der Waals surface area contributed by atoms with Crippen LogP contribution >= 0.6 is 15.6 Å². The first-order valence-electron chi connectivity index (χ1n) is 24.7. The average molecular weight is 1040 g/mol. The molecule has 1 saturated carbocycles. The van der Waals surface area contributed by atoms with Crippen LogP contribution in [0.1, 0.15) is 136 Å². The number of carbonyl (C=O) groups is 2. The lowest BCUT2D eigenvalue weighted by Crippen LogP contribution is -2.56. The second-order valence-corrected chi connectivity index (χ2v) is 20.4. The number of phosphoric ester groups is 2. The Morgan fingerprint density at radius 1 is 0.814 bits per heavy atom. The summed E-state index contributed by atoms with van der Waals surface area (Å²) in [5, 5.41) is 79.8. The van der Waals surface area contributed by atoms with Gasteiger partial charge in [-0.15, -0.1) is 0 Å². The standard InChI is InChI=1S/C49H82O19P2/c1-3-5-7-8-9-10-11-12-13-14-15-16-17-18-19-20-26-30-43(54)66-37-34-64-42(53)29-25-22-21-24-28-38-40(51)33-41(52)39(32-31-36(50)27-23-6-4-2)45(56)48(67-69(59,60)61)49(47(58)46(57)44(38)55)68-70(62,63)65-35-37/h9-10,12-13,15-16,18-19,21,24,31-32,36-41,44-52,55-58H,3-8,11,14,17,20,22-23,25-30,33-35H2,1-2H3,(H,62,63)(H2,59,60,61)/b10-9-,13-12-,16-15-,19-18-,24-21+,32-31+/t36-,37+,38-,39-,40-,41+,44+,45+,46-,47+,48+,49-/m0/s1. The van der Waals surface area contributed by atoms with E-state index in [0.717, 1.165) is 38.2 Å². The first kappa shape index (κ1) is 63.4. The summed E-state index contributed by atoms with van der Waals surface area (Å²) in [6, 6.07) is 0. The molecule has 1 aliphatic heterocycles. The molecule has 1 fully saturated rings. The fraction of sp³-hybridized carbons (Fsp3) is 0.714. The quantitative estimate of drug-likeness (QED) is 0.0243. The molecular weight excluding hydrogens is 954 g/mol. The SMILES string of the molecule is CCCCC/C=C\C/C=C\C/C=C\C/C=C\CCCC(=O)O[C@@H]1COC(=O)CCC/C=C/C[C@@H]2[C@@H](O)[C@H](O)[C@@H](O)[C@H](OP(=O)(O)OC1)[C@H](OP(=O)(O)O)[C@H](O)[C@@H](/C=C/[C@@H](O)CCCCC)[C@H](O)C[C@@H]2O. The first-order chi connectivity index (χ1) is 33.3. The summed E-state index contributed by atoms with van der Waals surface area (Å²) >= 11 is 0. The van der Waals surface area contributed by atoms with Crippen molar-refractivity contribution in [3.63, 3.8) is 0 Å². The van der Waals surface area contributed by atoms with E-state index in [0.29, 0.717) is 25.7 Å². The summed E-state index contributed by atoms with van der Waals surface area (Å²) in [7, 11) is -11.5. The lowest BCUT2D eigenvalue weighted by atomic mass is 9.83. The Morgan fingerprint density at radius 3 is 2.06 bits per heavy atom. The molecule has 0 amide bonds. The van der Waals surface area contributed by atoms with E-state index in [1.807, 2.05) is 25.2 Å². The van der Waals surface area contributed by atoms with E-state index in [2.05, 4.69) is 37.3 Å². The van der Waals surface area contributed by atoms with Crippen LogP contribution in [0.5, 0.6) is 0 Å². The number of phosphoric acid groups is 2. The number of unbranched alkanes of at least 4 members (excludes halogenated alkanes) is 6. The Morgan fingerprint density at radius 2 is 1.43 bits per heavy atom. The molecular formula is C49H82O19P2. The molecule has 0 aromatic rings. The number of aliphatic hydroxyl groups is 7. The number of hydrogen-bond acceptors (Lipinski definition) is 16. The number of esters is 2. The van der Waals surface area contributed by atoms with Crippen molar-refractivity contribution in [3.8, 4) is 0 Å². The smallest absolute Gasteiger partial charge is 0.462 e. The van der Waals surface area contributed by atoms with Gasteiger partial charge in [0, 0.05) is 31.1 Å². The predicted molar refractivity (Wildman–Crippen MR) is 261 cm³/mol. The highest BCUT2D eigenvalue weighted by atomic mass is 31.2. The minimum atomic E-state index is -5.78. The van der Waals surface area contributed by atoms with Crippen LogP contribution < -0.4 is 0 Å². The van der Waals surface area contributed by atoms with Gasteiger partial charge in [-0.3, -0.25) is 23.2 Å². The van der Waals surface area contributed by atoms with Crippen LogP contribution in [0.15, 0.2) is 72.9 Å². The van der Waals surface area contributed by atoms with Crippen molar-refractivity contribution < 1.29 is 92.2 Å². The van der Waals surface area contributed by atoms with Crippen LogP contribution in [0, 0.1) is 11.8 Å². The zero-order chi connectivity index (χ0) is 52.0. The van der Waals surface area contributed by atoms with Gasteiger partial charge >= 0.3 is 27.6 Å². The van der Waals surface area contributed by atoms with Crippen LogP contribution in [0.25, 0.3) is 0 Å². The molecule has 2 rings (SSSR count). The lowest BCUT2D eigenvalue weighted by molar-refractivity contribution is -0.165. The van der Waals surface area contributed by atoms with Gasteiger partial charge in [-0.2, -0.15) is 0 Å². The van der Waals surface area contributed by atoms with E-state index in [4.69, 9.17) is 23.0 Å². The van der Waals surface area contributed by atoms with E-state index in [9.17, 15) is 69.1 Å². The third-order valence-electron chi connectivity index (χ3n) is 11.8. The second-order valence-electron chi connectivity index (χ2n) is 17.8. The van der Waals surface area contributed by atoms with Gasteiger partial charge in [0.1, 0.15) is 31.0 Å². The highest BCUT2D eigenvalue weighted by molar-refractivity contribution is 7.47. The van der Waals surface area contributed by atoms with E-state index in [-0.39, 0.29) is 38.5 Å². The number of rotatable bonds is 23. The number of carbonyl (C=O) groups excluding carboxylic acids is 2. The monoisotopic (exact) mass is 1040 g/mol. The maximum Gasteiger partial charge on any atom is 0.472 e. The van der Waals surface area contributed by atoms with Gasteiger partial charge in [-0.05, 0) is 70.6 Å². The topological polar surface area (TPSA) is 317 Å². The number of ether oxygens (including phenoxy) is 2. The molecule has 0 spiro atoms. The average Bonchev–Trinajstić information content (AvgIpc) is 3.30. The Bertz CT molecular complexity index is 1750. The van der Waals surface area contributed by atoms with Gasteiger partial charge in [-0.25, -0.2) is 9.13 Å². The molecule has 19 nitrogen and oxygen atoms in total. The molecule has 0 saturated heterocycles. The molecule has 402 valence electrons. The van der Waals surface area contributed by atoms with Gasteiger partial charge in [0.25, 0.3) is 0 Å². The molecule has 0 radical (unpaired) electrons. The first-order valence-corrected chi connectivity index (χ1v) is 27.8. The largest absolute Gasteiger partial charge is 0.472 e. The van der Waals surface area contributed by atoms with Crippen molar-refractivity contribution in [3.05, 3.63) is 72.9 Å². The maximum absolute atomic E-state index is 13.8. The molecule has 2 aliphatic rings. The molecule has 21 heteroatoms. The molecule has 10 N–H and O–H groups in total. The van der Waals surface area contributed by atoms with Crippen LogP contribution in [-0.4, -0.2) is 137 Å². The lowest BCUT2D eigenvalue weighted by Gasteiger charge is -2.38. The molecule has 1 aliphatic carbocycles. The normalized spacial score (nSPS) is 31.8. The molecule has 13 atom stereocenters. The highest BCUT2D eigenvalue weighted by Crippen LogP contribution is 2.50. The molecule has 1 heterocycles. The Balaban J connectivity index is 2.35. The number of hydrogen-bond donors (Lipinski definition) is 10. The van der Waals surface area contributed by atoms with E-state index in [1.54, 1.807) is 6.08 Å². The summed E-state index contributed by atoms with van der Waals surface area (Å²) in [6.45, 7) is 2.49. The third kappa shape index (κ3) is 26.9. The minimum Gasteiger partial charge on any atom is -0.462 e. The van der Waals surface area contributed by atoms with E-state index < -0.39 is 120 Å². The number of allylic oxidation sites excluding steroid dienone is 10. The van der Waals surface area contributed by atoms with Crippen LogP contribution in [0.4, 0.5) is 0 Å². The Kier molecular flexibility index (Phi) is 32.1. The fourth-order valence-electron chi connectivity index (χ4n) is 7.83. The summed E-state index contributed by atoms with van der Waals surface area (Å²) in [5.41, 5.74) is 0. The van der Waals surface area contributed by atoms with Gasteiger partial charge < -0.3 is 59.9 Å². The van der Waals surface area contributed by atoms with Gasteiger partial charge in [0.2, 0.25) is 0 Å². The second kappa shape index (κ2) is 35.5. The van der Waals surface area contributed by atoms with Crippen molar-refractivity contribution in [2.75, 3.05) is 13.2 Å². The number of fused-ring (bicyclic) bond motifs is 4. The van der Waals surface area contributed by atoms with Crippen LogP contribution in [0.2, 0.25) is 0 Å². The third-order valence-corrected chi connectivity index (χ3v) is 13.3. The summed E-state index contributed by atoms with van der Waals surface area (Å²) in [6.07, 6.45) is 10.8. The number of aliphatic hydroxyl groups excluding tert-OH is 7. The molecule has 70 heavy (non-hydrogen) atoms. The van der Waals surface area contributed by atoms with Crippen molar-refractivity contribution in [2.24, 2.45) is 11.8 Å². The van der Waals surface area contributed by atoms with E-state index >= 15 is 0 Å². The van der Waals surface area contributed by atoms with Crippen molar-refractivity contribution >= 4 is 27.6 Å². The highest BCUT2D eigenvalue weighted by Gasteiger charge is 2.51. The predicted octanol–water partition coefficient (Wildman–Crippen LogP) is 6.00. The fourth-order valence-corrected chi connectivity index (χ4v) is 9.36. The molecule has 1 unspecified atom stereocenters. The van der Waals surface area contributed by atoms with Crippen molar-refractivity contribution in [1.29, 1.82) is 0 Å². The maximum atomic E-state index is 13.8.